The van der Waals surface area contributed by atoms with Crippen molar-refractivity contribution < 1.29 is 17.9 Å². The number of nitrogens with zero attached hydrogens (tertiary/aromatic N) is 3. The van der Waals surface area contributed by atoms with E-state index in [4.69, 9.17) is 4.74 Å². The quantitative estimate of drug-likeness (QED) is 0.494. The van der Waals surface area contributed by atoms with Gasteiger partial charge in [0.15, 0.2) is 0 Å². The Bertz CT molecular complexity index is 1170. The Kier molecular flexibility index (Phi) is 7.48. The van der Waals surface area contributed by atoms with E-state index in [-0.39, 0.29) is 17.3 Å². The van der Waals surface area contributed by atoms with E-state index >= 15 is 0 Å². The van der Waals surface area contributed by atoms with Crippen molar-refractivity contribution in [3.63, 3.8) is 0 Å². The van der Waals surface area contributed by atoms with Crippen LogP contribution in [0.5, 0.6) is 5.75 Å². The highest BCUT2D eigenvalue weighted by Crippen LogP contribution is 2.33. The van der Waals surface area contributed by atoms with Gasteiger partial charge in [-0.2, -0.15) is 0 Å². The van der Waals surface area contributed by atoms with Crippen LogP contribution in [0, 0.1) is 6.92 Å². The molecule has 0 aliphatic carbocycles. The zero-order valence-corrected chi connectivity index (χ0v) is 19.2. The van der Waals surface area contributed by atoms with E-state index in [9.17, 15) is 13.2 Å². The van der Waals surface area contributed by atoms with Crippen LogP contribution in [0.1, 0.15) is 18.1 Å². The third-order valence-electron chi connectivity index (χ3n) is 5.13. The Labute approximate surface area is 189 Å². The molecule has 168 valence electrons. The van der Waals surface area contributed by atoms with Crippen molar-refractivity contribution in [1.29, 1.82) is 0 Å². The second kappa shape index (κ2) is 10.3. The van der Waals surface area contributed by atoms with Crippen molar-refractivity contribution in [3.05, 3.63) is 84.2 Å². The molecule has 0 N–H and O–H groups in total. The van der Waals surface area contributed by atoms with E-state index in [0.717, 1.165) is 9.87 Å². The van der Waals surface area contributed by atoms with Crippen molar-refractivity contribution in [2.24, 2.45) is 0 Å². The Morgan fingerprint density at radius 2 is 1.75 bits per heavy atom. The first kappa shape index (κ1) is 23.3. The molecule has 0 saturated carbocycles. The average molecular weight is 454 g/mol. The van der Waals surface area contributed by atoms with Crippen LogP contribution < -0.4 is 9.04 Å². The van der Waals surface area contributed by atoms with Crippen molar-refractivity contribution in [2.75, 3.05) is 24.5 Å². The molecule has 8 heteroatoms. The molecule has 0 atom stereocenters. The van der Waals surface area contributed by atoms with Gasteiger partial charge in [-0.1, -0.05) is 36.4 Å². The van der Waals surface area contributed by atoms with Crippen LogP contribution in [-0.2, 0) is 21.4 Å². The molecule has 1 heterocycles. The van der Waals surface area contributed by atoms with Crippen LogP contribution in [-0.4, -0.2) is 44.4 Å². The summed E-state index contributed by atoms with van der Waals surface area (Å²) >= 11 is 0. The van der Waals surface area contributed by atoms with E-state index in [2.05, 4.69) is 4.98 Å². The van der Waals surface area contributed by atoms with Gasteiger partial charge in [-0.15, -0.1) is 0 Å². The zero-order valence-electron chi connectivity index (χ0n) is 18.4. The second-order valence-corrected chi connectivity index (χ2v) is 9.05. The standard InChI is InChI=1S/C24H27N3O4S/c1-4-26(17-20-11-9-15-25-16-20)24(28)18-27(21-12-6-7-13-22(21)31-3)32(29,30)23-14-8-5-10-19(23)2/h5-16H,4,17-18H2,1-3H3. The monoisotopic (exact) mass is 453 g/mol. The third-order valence-corrected chi connectivity index (χ3v) is 7.04. The van der Waals surface area contributed by atoms with Gasteiger partial charge in [0.05, 0.1) is 17.7 Å². The second-order valence-electron chi connectivity index (χ2n) is 7.22. The third kappa shape index (κ3) is 5.08. The van der Waals surface area contributed by atoms with Gasteiger partial charge in [-0.25, -0.2) is 8.42 Å². The molecular formula is C24H27N3O4S. The molecule has 0 radical (unpaired) electrons. The number of ether oxygens (including phenoxy) is 1. The summed E-state index contributed by atoms with van der Waals surface area (Å²) in [5, 5.41) is 0. The fourth-order valence-corrected chi connectivity index (χ4v) is 5.06. The normalized spacial score (nSPS) is 11.1. The number of methoxy groups -OCH3 is 1. The number of aryl methyl sites for hydroxylation is 1. The van der Waals surface area contributed by atoms with Crippen LogP contribution in [0.15, 0.2) is 78.0 Å². The number of carbonyl (C=O) groups excluding carboxylic acids is 1. The molecule has 0 aliphatic rings. The highest BCUT2D eigenvalue weighted by atomic mass is 32.2. The molecule has 1 amide bonds. The van der Waals surface area contributed by atoms with Gasteiger partial charge in [0.25, 0.3) is 10.0 Å². The summed E-state index contributed by atoms with van der Waals surface area (Å²) in [7, 11) is -2.56. The van der Waals surface area contributed by atoms with E-state index < -0.39 is 10.0 Å². The van der Waals surface area contributed by atoms with Gasteiger partial charge in [0.1, 0.15) is 12.3 Å². The lowest BCUT2D eigenvalue weighted by atomic mass is 10.2. The van der Waals surface area contributed by atoms with Gasteiger partial charge < -0.3 is 9.64 Å². The minimum atomic E-state index is -4.03. The molecule has 7 nitrogen and oxygen atoms in total. The summed E-state index contributed by atoms with van der Waals surface area (Å²) in [6.07, 6.45) is 3.36. The SMILES string of the molecule is CCN(Cc1cccnc1)C(=O)CN(c1ccccc1OC)S(=O)(=O)c1ccccc1C. The number of hydrogen-bond acceptors (Lipinski definition) is 5. The Morgan fingerprint density at radius 3 is 2.41 bits per heavy atom. The molecule has 2 aromatic carbocycles. The van der Waals surface area contributed by atoms with Crippen molar-refractivity contribution >= 4 is 21.6 Å². The number of aromatic nitrogens is 1. The Hall–Kier alpha value is -3.39. The molecule has 3 aromatic rings. The first-order valence-electron chi connectivity index (χ1n) is 10.3. The van der Waals surface area contributed by atoms with Gasteiger partial charge in [-0.05, 0) is 49.2 Å². The molecule has 0 bridgehead atoms. The topological polar surface area (TPSA) is 79.8 Å². The average Bonchev–Trinajstić information content (AvgIpc) is 2.81. The number of amides is 1. The molecule has 1 aromatic heterocycles. The molecule has 0 unspecified atom stereocenters. The minimum absolute atomic E-state index is 0.147. The Morgan fingerprint density at radius 1 is 1.03 bits per heavy atom. The molecule has 3 rings (SSSR count). The summed E-state index contributed by atoms with van der Waals surface area (Å²) in [4.78, 5) is 19.1. The van der Waals surface area contributed by atoms with Crippen LogP contribution in [0.2, 0.25) is 0 Å². The van der Waals surface area contributed by atoms with Gasteiger partial charge in [0.2, 0.25) is 5.91 Å². The van der Waals surface area contributed by atoms with Crippen LogP contribution >= 0.6 is 0 Å². The summed E-state index contributed by atoms with van der Waals surface area (Å²) in [6, 6.07) is 17.2. The molecular weight excluding hydrogens is 426 g/mol. The number of likely N-dealkylation sites (N-methyl/N-ethyl adjacent to an activating group) is 1. The van der Waals surface area contributed by atoms with E-state index in [1.165, 1.54) is 7.11 Å². The highest BCUT2D eigenvalue weighted by molar-refractivity contribution is 7.93. The fourth-order valence-electron chi connectivity index (χ4n) is 3.41. The van der Waals surface area contributed by atoms with E-state index in [0.29, 0.717) is 30.1 Å². The first-order valence-corrected chi connectivity index (χ1v) is 11.7. The maximum atomic E-state index is 13.7. The van der Waals surface area contributed by atoms with Gasteiger partial charge in [0, 0.05) is 25.5 Å². The number of benzene rings is 2. The Balaban J connectivity index is 2.01. The van der Waals surface area contributed by atoms with Crippen molar-refractivity contribution in [3.8, 4) is 5.75 Å². The summed E-state index contributed by atoms with van der Waals surface area (Å²) in [6.45, 7) is 4.00. The van der Waals surface area contributed by atoms with Gasteiger partial charge >= 0.3 is 0 Å². The first-order chi connectivity index (χ1) is 15.4. The predicted molar refractivity (Wildman–Crippen MR) is 124 cm³/mol. The predicted octanol–water partition coefficient (Wildman–Crippen LogP) is 3.64. The molecule has 0 aliphatic heterocycles. The number of pyridine rings is 1. The zero-order chi connectivity index (χ0) is 23.1. The minimum Gasteiger partial charge on any atom is -0.495 e. The maximum absolute atomic E-state index is 13.7. The summed E-state index contributed by atoms with van der Waals surface area (Å²) in [5.41, 5.74) is 1.78. The van der Waals surface area contributed by atoms with E-state index in [1.54, 1.807) is 78.8 Å². The highest BCUT2D eigenvalue weighted by Gasteiger charge is 2.31. The largest absolute Gasteiger partial charge is 0.495 e. The van der Waals surface area contributed by atoms with Crippen LogP contribution in [0.3, 0.4) is 0 Å². The number of para-hydroxylation sites is 2. The number of rotatable bonds is 9. The molecule has 0 saturated heterocycles. The lowest BCUT2D eigenvalue weighted by Gasteiger charge is -2.29. The number of hydrogen-bond donors (Lipinski definition) is 0. The number of sulfonamides is 1. The van der Waals surface area contributed by atoms with Gasteiger partial charge in [-0.3, -0.25) is 14.1 Å². The van der Waals surface area contributed by atoms with E-state index in [1.807, 2.05) is 13.0 Å². The molecule has 0 spiro atoms. The summed E-state index contributed by atoms with van der Waals surface area (Å²) < 4.78 is 34.0. The maximum Gasteiger partial charge on any atom is 0.265 e. The van der Waals surface area contributed by atoms with Crippen LogP contribution in [0.25, 0.3) is 0 Å². The lowest BCUT2D eigenvalue weighted by molar-refractivity contribution is -0.129. The van der Waals surface area contributed by atoms with Crippen molar-refractivity contribution in [2.45, 2.75) is 25.3 Å². The summed E-state index contributed by atoms with van der Waals surface area (Å²) in [5.74, 6) is 0.0483. The van der Waals surface area contributed by atoms with Crippen molar-refractivity contribution in [1.82, 2.24) is 9.88 Å². The smallest absolute Gasteiger partial charge is 0.265 e. The molecule has 0 fully saturated rings. The molecule has 32 heavy (non-hydrogen) atoms. The number of anilines is 1. The fraction of sp³-hybridized carbons (Fsp3) is 0.250. The van der Waals surface area contributed by atoms with Crippen LogP contribution in [0.4, 0.5) is 5.69 Å². The lowest BCUT2D eigenvalue weighted by Crippen LogP contribution is -2.43. The number of carbonyl (C=O) groups is 1.